The molecule has 14 nitrogen and oxygen atoms in total. The van der Waals surface area contributed by atoms with Crippen LogP contribution in [0.4, 0.5) is 0 Å². The smallest absolute Gasteiger partial charge is 0.329 e. The molecule has 0 radical (unpaired) electrons. The molecule has 7 atom stereocenters. The quantitative estimate of drug-likeness (QED) is 0.192. The summed E-state index contributed by atoms with van der Waals surface area (Å²) in [7, 11) is 1.46. The summed E-state index contributed by atoms with van der Waals surface area (Å²) in [6.45, 7) is 13.5. The molecule has 0 bridgehead atoms. The Morgan fingerprint density at radius 3 is 2.16 bits per heavy atom. The van der Waals surface area contributed by atoms with Crippen LogP contribution in [0.25, 0.3) is 0 Å². The van der Waals surface area contributed by atoms with Gasteiger partial charge in [0, 0.05) is 26.4 Å². The lowest BCUT2D eigenvalue weighted by Gasteiger charge is -2.37. The van der Waals surface area contributed by atoms with Crippen LogP contribution in [0, 0.1) is 35.5 Å². The second kappa shape index (κ2) is 21.0. The van der Waals surface area contributed by atoms with E-state index in [9.17, 15) is 33.6 Å². The number of fused-ring (bicyclic) bond motifs is 1. The molecule has 2 heterocycles. The molecule has 2 aliphatic heterocycles. The second-order valence-electron chi connectivity index (χ2n) is 16.5. The van der Waals surface area contributed by atoms with E-state index in [1.165, 1.54) is 16.8 Å². The fourth-order valence-corrected chi connectivity index (χ4v) is 7.10. The lowest BCUT2D eigenvalue weighted by molar-refractivity contribution is -0.170. The predicted molar refractivity (Wildman–Crippen MR) is 214 cm³/mol. The number of amides is 5. The monoisotopic (exact) mass is 793 g/mol. The Kier molecular flexibility index (Phi) is 17.1. The number of carbonyl (C=O) groups excluding carboxylic acids is 7. The molecule has 3 rings (SSSR count). The van der Waals surface area contributed by atoms with Crippen LogP contribution in [0.15, 0.2) is 30.3 Å². The average Bonchev–Trinajstić information content (AvgIpc) is 3.68. The summed E-state index contributed by atoms with van der Waals surface area (Å²) in [5, 5.41) is 8.27. The van der Waals surface area contributed by atoms with Gasteiger partial charge in [-0.25, -0.2) is 4.79 Å². The third-order valence-corrected chi connectivity index (χ3v) is 11.2. The van der Waals surface area contributed by atoms with Crippen molar-refractivity contribution in [2.45, 2.75) is 137 Å². The van der Waals surface area contributed by atoms with Gasteiger partial charge < -0.3 is 35.2 Å². The van der Waals surface area contributed by atoms with E-state index >= 15 is 0 Å². The average molecular weight is 794 g/mol. The van der Waals surface area contributed by atoms with Gasteiger partial charge in [0.2, 0.25) is 23.6 Å². The normalized spacial score (nSPS) is 26.6. The maximum Gasteiger partial charge on any atom is 0.329 e. The van der Waals surface area contributed by atoms with E-state index in [4.69, 9.17) is 15.9 Å². The number of unbranched alkanes of at least 4 members (excludes halogenated alkanes) is 1. The Morgan fingerprint density at radius 1 is 0.895 bits per heavy atom. The van der Waals surface area contributed by atoms with E-state index in [0.717, 1.165) is 5.56 Å². The van der Waals surface area contributed by atoms with Gasteiger partial charge in [-0.3, -0.25) is 28.8 Å². The number of esters is 2. The number of hydrogen-bond donors (Lipinski definition) is 3. The minimum absolute atomic E-state index is 0.0478. The highest BCUT2D eigenvalue weighted by atomic mass is 16.6. The van der Waals surface area contributed by atoms with Crippen molar-refractivity contribution in [3.63, 3.8) is 0 Å². The van der Waals surface area contributed by atoms with Crippen LogP contribution < -0.4 is 16.0 Å². The molecule has 0 saturated carbocycles. The SMILES string of the molecule is C#CCCC[C@@H]1OC(=O)CNC(=O)[C@H]([C@H](C)CC)NC(=O)[C@@H]2CCCN2C(=O)[C@H](C(C)C)OC(=O)[C@H](Cc2ccccc2)N(C)C(=O)[C@H](C(C)C)NC(=O)C1(C)C. The van der Waals surface area contributed by atoms with Gasteiger partial charge >= 0.3 is 11.9 Å². The van der Waals surface area contributed by atoms with Gasteiger partial charge in [-0.15, -0.1) is 12.3 Å². The van der Waals surface area contributed by atoms with Crippen LogP contribution >= 0.6 is 0 Å². The highest BCUT2D eigenvalue weighted by Gasteiger charge is 2.45. The van der Waals surface area contributed by atoms with Crippen molar-refractivity contribution in [2.75, 3.05) is 20.1 Å². The van der Waals surface area contributed by atoms with Gasteiger partial charge in [-0.05, 0) is 62.8 Å². The number of hydrogen-bond acceptors (Lipinski definition) is 9. The summed E-state index contributed by atoms with van der Waals surface area (Å²) in [6, 6.07) is 4.75. The molecule has 2 fully saturated rings. The van der Waals surface area contributed by atoms with Crippen LogP contribution in [0.2, 0.25) is 0 Å². The van der Waals surface area contributed by atoms with Crippen LogP contribution in [0.3, 0.4) is 0 Å². The molecule has 0 spiro atoms. The molecular formula is C43H63N5O9. The maximum absolute atomic E-state index is 14.4. The summed E-state index contributed by atoms with van der Waals surface area (Å²) in [4.78, 5) is 101. The largest absolute Gasteiger partial charge is 0.460 e. The molecule has 1 aromatic carbocycles. The van der Waals surface area contributed by atoms with E-state index in [1.54, 1.807) is 60.6 Å². The summed E-state index contributed by atoms with van der Waals surface area (Å²) in [6.07, 6.45) is 5.60. The number of carbonyl (C=O) groups is 7. The van der Waals surface area contributed by atoms with Crippen molar-refractivity contribution >= 4 is 41.5 Å². The summed E-state index contributed by atoms with van der Waals surface area (Å²) >= 11 is 0. The fraction of sp³-hybridized carbons (Fsp3) is 0.651. The topological polar surface area (TPSA) is 181 Å². The van der Waals surface area contributed by atoms with Crippen LogP contribution in [0.1, 0.15) is 99.5 Å². The second-order valence-corrected chi connectivity index (χ2v) is 16.5. The molecule has 14 heteroatoms. The Hall–Kier alpha value is -4.93. The van der Waals surface area contributed by atoms with E-state index < -0.39 is 102 Å². The van der Waals surface area contributed by atoms with Gasteiger partial charge in [0.1, 0.15) is 36.8 Å². The Morgan fingerprint density at radius 2 is 1.56 bits per heavy atom. The molecule has 314 valence electrons. The number of nitrogens with one attached hydrogen (secondary N) is 3. The van der Waals surface area contributed by atoms with Crippen LogP contribution in [0.5, 0.6) is 0 Å². The Balaban J connectivity index is 2.14. The summed E-state index contributed by atoms with van der Waals surface area (Å²) in [5.41, 5.74) is -0.655. The number of terminal acetylenes is 1. The first kappa shape index (κ1) is 46.5. The number of ether oxygens (including phenoxy) is 2. The highest BCUT2D eigenvalue weighted by molar-refractivity contribution is 5.96. The molecule has 2 saturated heterocycles. The van der Waals surface area contributed by atoms with Gasteiger partial charge in [-0.1, -0.05) is 78.3 Å². The van der Waals surface area contributed by atoms with Crippen molar-refractivity contribution in [1.82, 2.24) is 25.8 Å². The number of cyclic esters (lactones) is 2. The standard InChI is InChI=1S/C43H63N5O9/c1-11-13-15-22-32-43(8,9)42(55)46-34(26(3)4)39(52)47(10)31(24-29-19-16-14-17-20-29)41(54)57-36(27(5)6)40(53)48-23-18-21-30(48)37(50)45-35(28(7)12-2)38(51)44-25-33(49)56-32/h1,14,16-17,19-20,26-28,30-32,34-36H,12-13,15,18,21-25H2,2-10H3,(H,44,51)(H,45,50)(H,46,55)/t28-,30+,31+,32+,34+,35+,36+/m1/s1. The van der Waals surface area contributed by atoms with Crippen molar-refractivity contribution in [3.8, 4) is 12.3 Å². The van der Waals surface area contributed by atoms with Gasteiger partial charge in [0.25, 0.3) is 5.91 Å². The lowest BCUT2D eigenvalue weighted by Crippen LogP contribution is -2.59. The van der Waals surface area contributed by atoms with E-state index in [0.29, 0.717) is 32.1 Å². The van der Waals surface area contributed by atoms with Crippen molar-refractivity contribution in [1.29, 1.82) is 0 Å². The molecule has 3 N–H and O–H groups in total. The molecule has 0 unspecified atom stereocenters. The van der Waals surface area contributed by atoms with Crippen molar-refractivity contribution < 1.29 is 43.0 Å². The first-order valence-corrected chi connectivity index (χ1v) is 20.2. The van der Waals surface area contributed by atoms with E-state index in [-0.39, 0.29) is 25.3 Å². The van der Waals surface area contributed by atoms with Crippen molar-refractivity contribution in [2.24, 2.45) is 23.2 Å². The van der Waals surface area contributed by atoms with Gasteiger partial charge in [0.05, 0.1) is 5.41 Å². The number of nitrogens with zero attached hydrogens (tertiary/aromatic N) is 2. The molecule has 1 aromatic rings. The molecule has 0 aromatic heterocycles. The summed E-state index contributed by atoms with van der Waals surface area (Å²) in [5.74, 6) is -3.27. The van der Waals surface area contributed by atoms with E-state index in [1.807, 2.05) is 25.1 Å². The minimum Gasteiger partial charge on any atom is -0.460 e. The van der Waals surface area contributed by atoms with Crippen LogP contribution in [-0.2, 0) is 49.5 Å². The number of likely N-dealkylation sites (N-methyl/N-ethyl adjacent to an activating group) is 1. The minimum atomic E-state index is -1.38. The third kappa shape index (κ3) is 12.0. The zero-order valence-corrected chi connectivity index (χ0v) is 35.1. The van der Waals surface area contributed by atoms with Crippen LogP contribution in [-0.4, -0.2) is 108 Å². The molecular weight excluding hydrogens is 730 g/mol. The highest BCUT2D eigenvalue weighted by Crippen LogP contribution is 2.30. The Labute approximate surface area is 337 Å². The summed E-state index contributed by atoms with van der Waals surface area (Å²) < 4.78 is 11.9. The van der Waals surface area contributed by atoms with Gasteiger partial charge in [0.15, 0.2) is 6.10 Å². The first-order valence-electron chi connectivity index (χ1n) is 20.2. The maximum atomic E-state index is 14.4. The Bertz CT molecular complexity index is 1640. The zero-order valence-electron chi connectivity index (χ0n) is 35.1. The number of rotatable bonds is 9. The molecule has 2 aliphatic rings. The molecule has 0 aliphatic carbocycles. The zero-order chi connectivity index (χ0) is 42.6. The number of benzene rings is 1. The van der Waals surface area contributed by atoms with Crippen molar-refractivity contribution in [3.05, 3.63) is 35.9 Å². The van der Waals surface area contributed by atoms with Gasteiger partial charge in [-0.2, -0.15) is 0 Å². The third-order valence-electron chi connectivity index (χ3n) is 11.2. The molecule has 57 heavy (non-hydrogen) atoms. The predicted octanol–water partition coefficient (Wildman–Crippen LogP) is 3.16. The first-order chi connectivity index (χ1) is 26.8. The lowest BCUT2D eigenvalue weighted by atomic mass is 9.82. The fourth-order valence-electron chi connectivity index (χ4n) is 7.10. The van der Waals surface area contributed by atoms with E-state index in [2.05, 4.69) is 21.9 Å². The molecule has 5 amide bonds.